The van der Waals surface area contributed by atoms with E-state index in [-0.39, 0.29) is 23.0 Å². The molecule has 0 aliphatic heterocycles. The van der Waals surface area contributed by atoms with Crippen molar-refractivity contribution in [1.82, 2.24) is 5.16 Å². The first kappa shape index (κ1) is 18.1. The van der Waals surface area contributed by atoms with Crippen LogP contribution in [0.4, 0.5) is 11.5 Å². The largest absolute Gasteiger partial charge is 0.448 e. The second-order valence-electron chi connectivity index (χ2n) is 5.69. The number of benzene rings is 1. The molecule has 2 aromatic rings. The van der Waals surface area contributed by atoms with Gasteiger partial charge in [0.25, 0.3) is 11.6 Å². The number of non-ortho nitro benzene ring substituents is 1. The number of rotatable bonds is 6. The highest BCUT2D eigenvalue weighted by Gasteiger charge is 2.28. The van der Waals surface area contributed by atoms with Crippen molar-refractivity contribution in [2.75, 3.05) is 5.32 Å². The quantitative estimate of drug-likeness (QED) is 0.484. The van der Waals surface area contributed by atoms with Gasteiger partial charge in [-0.2, -0.15) is 0 Å². The Bertz CT molecular complexity index is 799. The molecule has 9 nitrogen and oxygen atoms in total. The second-order valence-corrected chi connectivity index (χ2v) is 5.69. The number of carbonyl (C=O) groups excluding carboxylic acids is 2. The molecule has 1 aromatic heterocycles. The highest BCUT2D eigenvalue weighted by Crippen LogP contribution is 2.17. The van der Waals surface area contributed by atoms with Gasteiger partial charge in [-0.25, -0.2) is 4.79 Å². The predicted molar refractivity (Wildman–Crippen MR) is 87.0 cm³/mol. The van der Waals surface area contributed by atoms with Crippen molar-refractivity contribution in [2.24, 2.45) is 5.92 Å². The first-order chi connectivity index (χ1) is 11.8. The van der Waals surface area contributed by atoms with E-state index >= 15 is 0 Å². The van der Waals surface area contributed by atoms with Crippen molar-refractivity contribution in [3.05, 3.63) is 51.8 Å². The number of anilines is 1. The summed E-state index contributed by atoms with van der Waals surface area (Å²) in [6.07, 6.45) is -1.09. The van der Waals surface area contributed by atoms with Crippen LogP contribution in [-0.4, -0.2) is 28.1 Å². The average molecular weight is 347 g/mol. The molecule has 0 unspecified atom stereocenters. The minimum Gasteiger partial charge on any atom is -0.448 e. The number of aryl methyl sites for hydroxylation is 1. The Morgan fingerprint density at radius 3 is 2.60 bits per heavy atom. The monoisotopic (exact) mass is 347 g/mol. The molecule has 1 atom stereocenters. The van der Waals surface area contributed by atoms with Crippen molar-refractivity contribution < 1.29 is 23.8 Å². The summed E-state index contributed by atoms with van der Waals surface area (Å²) in [6, 6.07) is 6.63. The van der Waals surface area contributed by atoms with Gasteiger partial charge in [-0.15, -0.1) is 0 Å². The summed E-state index contributed by atoms with van der Waals surface area (Å²) in [4.78, 5) is 34.7. The smallest absolute Gasteiger partial charge is 0.339 e. The Labute approximate surface area is 143 Å². The molecule has 0 spiro atoms. The number of amides is 1. The fourth-order valence-corrected chi connectivity index (χ4v) is 2.04. The van der Waals surface area contributed by atoms with Gasteiger partial charge in [0.1, 0.15) is 5.76 Å². The van der Waals surface area contributed by atoms with E-state index in [9.17, 15) is 19.7 Å². The Balaban J connectivity index is 2.12. The number of esters is 1. The molecular formula is C16H17N3O6. The van der Waals surface area contributed by atoms with Crippen LogP contribution in [0.2, 0.25) is 0 Å². The topological polar surface area (TPSA) is 125 Å². The molecule has 1 aromatic carbocycles. The molecule has 1 N–H and O–H groups in total. The van der Waals surface area contributed by atoms with E-state index in [1.165, 1.54) is 24.3 Å². The third-order valence-electron chi connectivity index (χ3n) is 3.27. The summed E-state index contributed by atoms with van der Waals surface area (Å²) in [7, 11) is 0. The van der Waals surface area contributed by atoms with Crippen LogP contribution in [0.3, 0.4) is 0 Å². The van der Waals surface area contributed by atoms with Gasteiger partial charge in [-0.3, -0.25) is 14.9 Å². The molecule has 0 fully saturated rings. The van der Waals surface area contributed by atoms with Crippen LogP contribution in [0.1, 0.15) is 30.0 Å². The third kappa shape index (κ3) is 4.63. The van der Waals surface area contributed by atoms with E-state index in [4.69, 9.17) is 9.26 Å². The summed E-state index contributed by atoms with van der Waals surface area (Å²) in [5, 5.41) is 16.9. The van der Waals surface area contributed by atoms with Gasteiger partial charge in [0.05, 0.1) is 10.5 Å². The normalized spacial score (nSPS) is 11.8. The Kier molecular flexibility index (Phi) is 5.48. The lowest BCUT2D eigenvalue weighted by atomic mass is 10.1. The van der Waals surface area contributed by atoms with Crippen LogP contribution in [0.5, 0.6) is 0 Å². The van der Waals surface area contributed by atoms with Gasteiger partial charge in [-0.05, 0) is 18.9 Å². The van der Waals surface area contributed by atoms with Crippen LogP contribution in [-0.2, 0) is 9.53 Å². The molecule has 2 rings (SSSR count). The summed E-state index contributed by atoms with van der Waals surface area (Å²) < 4.78 is 10.1. The molecule has 0 bridgehead atoms. The molecular weight excluding hydrogens is 330 g/mol. The van der Waals surface area contributed by atoms with Gasteiger partial charge >= 0.3 is 5.97 Å². The number of nitro groups is 1. The molecule has 1 amide bonds. The van der Waals surface area contributed by atoms with E-state index in [0.717, 1.165) is 6.07 Å². The minimum absolute atomic E-state index is 0.00932. The summed E-state index contributed by atoms with van der Waals surface area (Å²) in [6.45, 7) is 5.09. The lowest BCUT2D eigenvalue weighted by molar-refractivity contribution is -0.384. The number of hydrogen-bond acceptors (Lipinski definition) is 7. The van der Waals surface area contributed by atoms with Crippen LogP contribution >= 0.6 is 0 Å². The van der Waals surface area contributed by atoms with E-state index in [1.807, 2.05) is 0 Å². The maximum Gasteiger partial charge on any atom is 0.339 e. The summed E-state index contributed by atoms with van der Waals surface area (Å²) in [5.74, 6) is -0.990. The van der Waals surface area contributed by atoms with Gasteiger partial charge in [0.2, 0.25) is 0 Å². The van der Waals surface area contributed by atoms with E-state index < -0.39 is 22.9 Å². The van der Waals surface area contributed by atoms with Gasteiger partial charge in [-0.1, -0.05) is 25.1 Å². The number of nitro benzene ring substituents is 1. The molecule has 0 aliphatic rings. The van der Waals surface area contributed by atoms with Crippen molar-refractivity contribution in [1.29, 1.82) is 0 Å². The van der Waals surface area contributed by atoms with Crippen molar-refractivity contribution in [3.63, 3.8) is 0 Å². The van der Waals surface area contributed by atoms with Crippen molar-refractivity contribution in [2.45, 2.75) is 26.9 Å². The van der Waals surface area contributed by atoms with Crippen molar-refractivity contribution in [3.8, 4) is 0 Å². The van der Waals surface area contributed by atoms with Gasteiger partial charge < -0.3 is 14.6 Å². The lowest BCUT2D eigenvalue weighted by Gasteiger charge is -2.20. The SMILES string of the molecule is Cc1cc(NC(=O)[C@@H](OC(=O)c2cccc([N+](=O)[O-])c2)C(C)C)no1. The number of ether oxygens (including phenoxy) is 1. The highest BCUT2D eigenvalue weighted by molar-refractivity contribution is 5.97. The molecule has 0 saturated carbocycles. The fraction of sp³-hybridized carbons (Fsp3) is 0.312. The molecule has 9 heteroatoms. The maximum atomic E-state index is 12.3. The summed E-state index contributed by atoms with van der Waals surface area (Å²) >= 11 is 0. The van der Waals surface area contributed by atoms with Crippen LogP contribution in [0.15, 0.2) is 34.9 Å². The maximum absolute atomic E-state index is 12.3. The first-order valence-electron chi connectivity index (χ1n) is 7.47. The molecule has 0 radical (unpaired) electrons. The third-order valence-corrected chi connectivity index (χ3v) is 3.27. The highest BCUT2D eigenvalue weighted by atomic mass is 16.6. The van der Waals surface area contributed by atoms with Crippen LogP contribution in [0, 0.1) is 23.0 Å². The zero-order chi connectivity index (χ0) is 18.6. The van der Waals surface area contributed by atoms with Crippen LogP contribution in [0.25, 0.3) is 0 Å². The Morgan fingerprint density at radius 1 is 1.32 bits per heavy atom. The molecule has 25 heavy (non-hydrogen) atoms. The van der Waals surface area contributed by atoms with Crippen molar-refractivity contribution >= 4 is 23.4 Å². The number of carbonyl (C=O) groups is 2. The zero-order valence-corrected chi connectivity index (χ0v) is 13.9. The number of nitrogens with zero attached hydrogens (tertiary/aromatic N) is 2. The molecule has 1 heterocycles. The molecule has 0 aliphatic carbocycles. The average Bonchev–Trinajstić information content (AvgIpc) is 2.96. The Morgan fingerprint density at radius 2 is 2.04 bits per heavy atom. The zero-order valence-electron chi connectivity index (χ0n) is 13.9. The second kappa shape index (κ2) is 7.56. The van der Waals surface area contributed by atoms with Gasteiger partial charge in [0.15, 0.2) is 11.9 Å². The minimum atomic E-state index is -1.09. The van der Waals surface area contributed by atoms with E-state index in [0.29, 0.717) is 5.76 Å². The van der Waals surface area contributed by atoms with Gasteiger partial charge in [0, 0.05) is 18.2 Å². The molecule has 0 saturated heterocycles. The molecule has 132 valence electrons. The summed E-state index contributed by atoms with van der Waals surface area (Å²) in [5.41, 5.74) is -0.247. The fourth-order valence-electron chi connectivity index (χ4n) is 2.04. The van der Waals surface area contributed by atoms with E-state index in [1.54, 1.807) is 20.8 Å². The number of aromatic nitrogens is 1. The van der Waals surface area contributed by atoms with Crippen LogP contribution < -0.4 is 5.32 Å². The number of nitrogens with one attached hydrogen (secondary N) is 1. The first-order valence-corrected chi connectivity index (χ1v) is 7.47. The lowest BCUT2D eigenvalue weighted by Crippen LogP contribution is -2.36. The van der Waals surface area contributed by atoms with E-state index in [2.05, 4.69) is 10.5 Å². The standard InChI is InChI=1S/C16H17N3O6/c1-9(2)14(15(20)17-13-7-10(3)25-18-13)24-16(21)11-5-4-6-12(8-11)19(22)23/h4-9,14H,1-3H3,(H,17,18,20)/t14-/m0/s1. The predicted octanol–water partition coefficient (Wildman–Crippen LogP) is 2.71. The number of hydrogen-bond donors (Lipinski definition) is 1. The Hall–Kier alpha value is -3.23.